The van der Waals surface area contributed by atoms with E-state index in [0.29, 0.717) is 11.6 Å². The van der Waals surface area contributed by atoms with Gasteiger partial charge in [-0.15, -0.1) is 0 Å². The third-order valence-corrected chi connectivity index (χ3v) is 3.04. The van der Waals surface area contributed by atoms with Gasteiger partial charge in [0.2, 0.25) is 0 Å². The predicted octanol–water partition coefficient (Wildman–Crippen LogP) is 2.57. The van der Waals surface area contributed by atoms with Crippen LogP contribution < -0.4 is 4.90 Å². The van der Waals surface area contributed by atoms with Crippen molar-refractivity contribution >= 4 is 23.3 Å². The number of hydrogen-bond acceptors (Lipinski definition) is 3. The van der Waals surface area contributed by atoms with E-state index in [1.54, 1.807) is 0 Å². The lowest BCUT2D eigenvalue weighted by atomic mass is 10.2. The number of carboxylic acids is 1. The summed E-state index contributed by atoms with van der Waals surface area (Å²) in [5.74, 6) is -0.778. The number of carboxylic acid groups (broad SMARTS) is 1. The molecule has 0 amide bonds. The fraction of sp³-hybridized carbons (Fsp3) is 0.500. The summed E-state index contributed by atoms with van der Waals surface area (Å²) in [6, 6.07) is 7.54. The van der Waals surface area contributed by atoms with Gasteiger partial charge >= 0.3 is 5.97 Å². The number of halogens is 1. The molecule has 106 valence electrons. The zero-order valence-electron chi connectivity index (χ0n) is 11.5. The van der Waals surface area contributed by atoms with Gasteiger partial charge in [0.15, 0.2) is 0 Å². The second kappa shape index (κ2) is 8.02. The van der Waals surface area contributed by atoms with Crippen LogP contribution in [-0.2, 0) is 4.79 Å². The molecule has 4 nitrogen and oxygen atoms in total. The van der Waals surface area contributed by atoms with E-state index in [9.17, 15) is 4.79 Å². The first kappa shape index (κ1) is 15.8. The highest BCUT2D eigenvalue weighted by atomic mass is 35.5. The molecule has 0 heterocycles. The van der Waals surface area contributed by atoms with E-state index in [4.69, 9.17) is 16.7 Å². The van der Waals surface area contributed by atoms with Gasteiger partial charge < -0.3 is 14.9 Å². The molecule has 1 rings (SSSR count). The number of aliphatic carboxylic acids is 1. The van der Waals surface area contributed by atoms with Crippen LogP contribution in [-0.4, -0.2) is 49.7 Å². The minimum atomic E-state index is -0.778. The van der Waals surface area contributed by atoms with Crippen LogP contribution >= 0.6 is 11.6 Å². The fourth-order valence-corrected chi connectivity index (χ4v) is 2.04. The van der Waals surface area contributed by atoms with E-state index < -0.39 is 5.97 Å². The Bertz CT molecular complexity index is 410. The van der Waals surface area contributed by atoms with Gasteiger partial charge in [-0.2, -0.15) is 0 Å². The van der Waals surface area contributed by atoms with Crippen LogP contribution in [0.15, 0.2) is 24.3 Å². The van der Waals surface area contributed by atoms with E-state index in [2.05, 4.69) is 9.80 Å². The molecule has 0 unspecified atom stereocenters. The van der Waals surface area contributed by atoms with Crippen molar-refractivity contribution in [2.24, 2.45) is 0 Å². The summed E-state index contributed by atoms with van der Waals surface area (Å²) in [5.41, 5.74) is 0.979. The largest absolute Gasteiger partial charge is 0.481 e. The summed E-state index contributed by atoms with van der Waals surface area (Å²) in [7, 11) is 4.06. The van der Waals surface area contributed by atoms with Crippen molar-refractivity contribution in [2.45, 2.75) is 12.8 Å². The third kappa shape index (κ3) is 6.45. The zero-order valence-corrected chi connectivity index (χ0v) is 12.2. The SMILES string of the molecule is CN(C)CCCN(CCC(=O)O)c1cccc(Cl)c1. The van der Waals surface area contributed by atoms with Gasteiger partial charge in [-0.1, -0.05) is 17.7 Å². The van der Waals surface area contributed by atoms with Crippen molar-refractivity contribution in [1.82, 2.24) is 4.90 Å². The van der Waals surface area contributed by atoms with Crippen LogP contribution in [0.5, 0.6) is 0 Å². The Morgan fingerprint density at radius 2 is 2.00 bits per heavy atom. The molecule has 5 heteroatoms. The average Bonchev–Trinajstić information content (AvgIpc) is 2.32. The minimum absolute atomic E-state index is 0.133. The van der Waals surface area contributed by atoms with Crippen LogP contribution in [0.1, 0.15) is 12.8 Å². The van der Waals surface area contributed by atoms with Crippen LogP contribution in [0.25, 0.3) is 0 Å². The van der Waals surface area contributed by atoms with Crippen LogP contribution in [0.4, 0.5) is 5.69 Å². The summed E-state index contributed by atoms with van der Waals surface area (Å²) < 4.78 is 0. The molecular formula is C14H21ClN2O2. The van der Waals surface area contributed by atoms with Crippen molar-refractivity contribution in [3.05, 3.63) is 29.3 Å². The molecular weight excluding hydrogens is 264 g/mol. The van der Waals surface area contributed by atoms with Crippen molar-refractivity contribution < 1.29 is 9.90 Å². The van der Waals surface area contributed by atoms with Gasteiger partial charge in [0, 0.05) is 23.8 Å². The molecule has 1 aromatic carbocycles. The smallest absolute Gasteiger partial charge is 0.305 e. The number of anilines is 1. The van der Waals surface area contributed by atoms with Crippen LogP contribution in [0.2, 0.25) is 5.02 Å². The Morgan fingerprint density at radius 1 is 1.26 bits per heavy atom. The molecule has 0 saturated heterocycles. The fourth-order valence-electron chi connectivity index (χ4n) is 1.85. The molecule has 0 aliphatic rings. The molecule has 0 bridgehead atoms. The average molecular weight is 285 g/mol. The maximum Gasteiger partial charge on any atom is 0.305 e. The first-order valence-corrected chi connectivity index (χ1v) is 6.74. The minimum Gasteiger partial charge on any atom is -0.481 e. The van der Waals surface area contributed by atoms with E-state index in [1.807, 2.05) is 38.4 Å². The van der Waals surface area contributed by atoms with E-state index >= 15 is 0 Å². The monoisotopic (exact) mass is 284 g/mol. The molecule has 0 saturated carbocycles. The molecule has 0 aliphatic heterocycles. The zero-order chi connectivity index (χ0) is 14.3. The normalized spacial score (nSPS) is 10.7. The quantitative estimate of drug-likeness (QED) is 0.797. The molecule has 1 N–H and O–H groups in total. The van der Waals surface area contributed by atoms with E-state index in [-0.39, 0.29) is 6.42 Å². The topological polar surface area (TPSA) is 43.8 Å². The molecule has 0 radical (unpaired) electrons. The number of nitrogens with zero attached hydrogens (tertiary/aromatic N) is 2. The third-order valence-electron chi connectivity index (χ3n) is 2.80. The van der Waals surface area contributed by atoms with E-state index in [0.717, 1.165) is 25.2 Å². The standard InChI is InChI=1S/C14H21ClN2O2/c1-16(2)8-4-9-17(10-7-14(18)19)13-6-3-5-12(15)11-13/h3,5-6,11H,4,7-10H2,1-2H3,(H,18,19). The van der Waals surface area contributed by atoms with Crippen molar-refractivity contribution in [3.8, 4) is 0 Å². The first-order chi connectivity index (χ1) is 8.99. The van der Waals surface area contributed by atoms with E-state index in [1.165, 1.54) is 0 Å². The lowest BCUT2D eigenvalue weighted by Crippen LogP contribution is -2.29. The Morgan fingerprint density at radius 3 is 2.58 bits per heavy atom. The second-order valence-corrected chi connectivity index (χ2v) is 5.20. The molecule has 0 fully saturated rings. The Kier molecular flexibility index (Phi) is 6.67. The van der Waals surface area contributed by atoms with Crippen molar-refractivity contribution in [1.29, 1.82) is 0 Å². The second-order valence-electron chi connectivity index (χ2n) is 4.77. The Hall–Kier alpha value is -1.26. The molecule has 0 aliphatic carbocycles. The van der Waals surface area contributed by atoms with Gasteiger partial charge in [0.25, 0.3) is 0 Å². The summed E-state index contributed by atoms with van der Waals surface area (Å²) in [6.07, 6.45) is 1.12. The molecule has 0 aromatic heterocycles. The highest BCUT2D eigenvalue weighted by Gasteiger charge is 2.09. The Balaban J connectivity index is 2.65. The van der Waals surface area contributed by atoms with Gasteiger partial charge in [-0.3, -0.25) is 4.79 Å². The highest BCUT2D eigenvalue weighted by Crippen LogP contribution is 2.20. The van der Waals surface area contributed by atoms with Crippen LogP contribution in [0, 0.1) is 0 Å². The number of carbonyl (C=O) groups is 1. The summed E-state index contributed by atoms with van der Waals surface area (Å²) in [6.45, 7) is 2.30. The molecule has 19 heavy (non-hydrogen) atoms. The lowest BCUT2D eigenvalue weighted by molar-refractivity contribution is -0.136. The van der Waals surface area contributed by atoms with Crippen LogP contribution in [0.3, 0.4) is 0 Å². The summed E-state index contributed by atoms with van der Waals surface area (Å²) in [4.78, 5) is 14.9. The molecule has 1 aromatic rings. The molecule has 0 spiro atoms. The lowest BCUT2D eigenvalue weighted by Gasteiger charge is -2.25. The summed E-state index contributed by atoms with van der Waals surface area (Å²) in [5, 5.41) is 9.49. The predicted molar refractivity (Wildman–Crippen MR) is 79.1 cm³/mol. The highest BCUT2D eigenvalue weighted by molar-refractivity contribution is 6.30. The number of benzene rings is 1. The van der Waals surface area contributed by atoms with Gasteiger partial charge in [0.05, 0.1) is 6.42 Å². The maximum atomic E-state index is 10.7. The summed E-state index contributed by atoms with van der Waals surface area (Å²) >= 11 is 5.98. The van der Waals surface area contributed by atoms with Crippen molar-refractivity contribution in [2.75, 3.05) is 38.6 Å². The number of rotatable bonds is 8. The van der Waals surface area contributed by atoms with Crippen molar-refractivity contribution in [3.63, 3.8) is 0 Å². The van der Waals surface area contributed by atoms with Gasteiger partial charge in [-0.05, 0) is 45.3 Å². The van der Waals surface area contributed by atoms with Gasteiger partial charge in [0.1, 0.15) is 0 Å². The first-order valence-electron chi connectivity index (χ1n) is 6.36. The maximum absolute atomic E-state index is 10.7. The molecule has 0 atom stereocenters. The Labute approximate surface area is 119 Å². The van der Waals surface area contributed by atoms with Gasteiger partial charge in [-0.25, -0.2) is 0 Å². The number of hydrogen-bond donors (Lipinski definition) is 1.